The van der Waals surface area contributed by atoms with Gasteiger partial charge >= 0.3 is 0 Å². The first kappa shape index (κ1) is 13.3. The van der Waals surface area contributed by atoms with Crippen LogP contribution >= 0.6 is 0 Å². The SMILES string of the molecule is CC(C)CCN1CCN(C2CCOCC2)CC1. The van der Waals surface area contributed by atoms with Crippen LogP contribution in [-0.2, 0) is 4.74 Å². The molecule has 2 rings (SSSR count). The number of piperazine rings is 1. The van der Waals surface area contributed by atoms with Crippen LogP contribution in [0.15, 0.2) is 0 Å². The van der Waals surface area contributed by atoms with Gasteiger partial charge < -0.3 is 9.64 Å². The standard InChI is InChI=1S/C14H28N2O/c1-13(2)3-6-15-7-9-16(10-8-15)14-4-11-17-12-5-14/h13-14H,3-12H2,1-2H3. The molecule has 2 fully saturated rings. The van der Waals surface area contributed by atoms with Crippen molar-refractivity contribution in [3.05, 3.63) is 0 Å². The molecular weight excluding hydrogens is 212 g/mol. The van der Waals surface area contributed by atoms with Crippen LogP contribution in [0, 0.1) is 5.92 Å². The maximum Gasteiger partial charge on any atom is 0.0480 e. The second-order valence-electron chi connectivity index (χ2n) is 5.90. The van der Waals surface area contributed by atoms with Crippen molar-refractivity contribution in [3.8, 4) is 0 Å². The summed E-state index contributed by atoms with van der Waals surface area (Å²) in [7, 11) is 0. The quantitative estimate of drug-likeness (QED) is 0.745. The molecule has 0 aliphatic carbocycles. The largest absolute Gasteiger partial charge is 0.381 e. The Hall–Kier alpha value is -0.120. The Balaban J connectivity index is 1.66. The summed E-state index contributed by atoms with van der Waals surface area (Å²) in [5.74, 6) is 0.837. The Kier molecular flexibility index (Phi) is 5.26. The van der Waals surface area contributed by atoms with Crippen molar-refractivity contribution >= 4 is 0 Å². The van der Waals surface area contributed by atoms with Crippen molar-refractivity contribution < 1.29 is 4.74 Å². The molecule has 0 amide bonds. The second kappa shape index (κ2) is 6.72. The number of nitrogens with zero attached hydrogens (tertiary/aromatic N) is 2. The zero-order valence-electron chi connectivity index (χ0n) is 11.5. The van der Waals surface area contributed by atoms with Crippen molar-refractivity contribution in [2.24, 2.45) is 5.92 Å². The maximum atomic E-state index is 5.44. The van der Waals surface area contributed by atoms with Crippen LogP contribution in [0.5, 0.6) is 0 Å². The fourth-order valence-corrected chi connectivity index (χ4v) is 2.84. The highest BCUT2D eigenvalue weighted by molar-refractivity contribution is 4.80. The molecule has 2 saturated heterocycles. The molecule has 3 heteroatoms. The molecule has 2 aliphatic heterocycles. The van der Waals surface area contributed by atoms with Crippen molar-refractivity contribution in [1.82, 2.24) is 9.80 Å². The molecule has 100 valence electrons. The molecule has 0 aromatic heterocycles. The molecule has 0 N–H and O–H groups in total. The lowest BCUT2D eigenvalue weighted by Crippen LogP contribution is -2.51. The minimum Gasteiger partial charge on any atom is -0.381 e. The van der Waals surface area contributed by atoms with E-state index in [2.05, 4.69) is 23.6 Å². The van der Waals surface area contributed by atoms with E-state index >= 15 is 0 Å². The molecule has 0 bridgehead atoms. The predicted octanol–water partition coefficient (Wildman–Crippen LogP) is 1.83. The Morgan fingerprint density at radius 3 is 2.29 bits per heavy atom. The van der Waals surface area contributed by atoms with Crippen LogP contribution in [0.2, 0.25) is 0 Å². The van der Waals surface area contributed by atoms with Crippen molar-refractivity contribution in [2.45, 2.75) is 39.2 Å². The van der Waals surface area contributed by atoms with Gasteiger partial charge in [0.05, 0.1) is 0 Å². The predicted molar refractivity (Wildman–Crippen MR) is 71.3 cm³/mol. The van der Waals surface area contributed by atoms with Gasteiger partial charge in [-0.15, -0.1) is 0 Å². The van der Waals surface area contributed by atoms with E-state index in [0.29, 0.717) is 0 Å². The van der Waals surface area contributed by atoms with E-state index in [-0.39, 0.29) is 0 Å². The van der Waals surface area contributed by atoms with Gasteiger partial charge in [-0.2, -0.15) is 0 Å². The van der Waals surface area contributed by atoms with Gasteiger partial charge in [-0.1, -0.05) is 13.8 Å². The Morgan fingerprint density at radius 1 is 1.06 bits per heavy atom. The zero-order chi connectivity index (χ0) is 12.1. The Bertz CT molecular complexity index is 206. The molecule has 17 heavy (non-hydrogen) atoms. The summed E-state index contributed by atoms with van der Waals surface area (Å²) in [5, 5.41) is 0. The highest BCUT2D eigenvalue weighted by Crippen LogP contribution is 2.16. The molecule has 0 atom stereocenters. The van der Waals surface area contributed by atoms with Gasteiger partial charge in [-0.3, -0.25) is 4.90 Å². The van der Waals surface area contributed by atoms with E-state index < -0.39 is 0 Å². The van der Waals surface area contributed by atoms with Gasteiger partial charge in [0, 0.05) is 45.4 Å². The molecule has 2 heterocycles. The van der Waals surface area contributed by atoms with E-state index in [1.165, 1.54) is 52.0 Å². The molecule has 0 spiro atoms. The van der Waals surface area contributed by atoms with Crippen LogP contribution in [0.4, 0.5) is 0 Å². The van der Waals surface area contributed by atoms with Gasteiger partial charge in [0.2, 0.25) is 0 Å². The number of rotatable bonds is 4. The first-order valence-electron chi connectivity index (χ1n) is 7.30. The smallest absolute Gasteiger partial charge is 0.0480 e. The highest BCUT2D eigenvalue weighted by atomic mass is 16.5. The molecule has 0 aromatic carbocycles. The normalized spacial score (nSPS) is 25.6. The minimum atomic E-state index is 0.802. The van der Waals surface area contributed by atoms with Gasteiger partial charge in [-0.05, 0) is 31.7 Å². The Labute approximate surface area is 106 Å². The molecule has 0 unspecified atom stereocenters. The Morgan fingerprint density at radius 2 is 1.71 bits per heavy atom. The molecular formula is C14H28N2O. The fourth-order valence-electron chi connectivity index (χ4n) is 2.84. The molecule has 0 saturated carbocycles. The summed E-state index contributed by atoms with van der Waals surface area (Å²) in [6.07, 6.45) is 3.83. The summed E-state index contributed by atoms with van der Waals surface area (Å²) in [5.41, 5.74) is 0. The van der Waals surface area contributed by atoms with Gasteiger partial charge in [0.15, 0.2) is 0 Å². The van der Waals surface area contributed by atoms with Gasteiger partial charge in [-0.25, -0.2) is 0 Å². The minimum absolute atomic E-state index is 0.802. The maximum absolute atomic E-state index is 5.44. The van der Waals surface area contributed by atoms with Crippen LogP contribution in [0.25, 0.3) is 0 Å². The summed E-state index contributed by atoms with van der Waals surface area (Å²) in [6.45, 7) is 12.9. The third kappa shape index (κ3) is 4.23. The molecule has 0 aromatic rings. The van der Waals surface area contributed by atoms with E-state index in [4.69, 9.17) is 4.74 Å². The van der Waals surface area contributed by atoms with Gasteiger partial charge in [0.1, 0.15) is 0 Å². The van der Waals surface area contributed by atoms with Crippen LogP contribution in [-0.4, -0.2) is 61.8 Å². The van der Waals surface area contributed by atoms with E-state index in [9.17, 15) is 0 Å². The lowest BCUT2D eigenvalue weighted by Gasteiger charge is -2.40. The van der Waals surface area contributed by atoms with Crippen molar-refractivity contribution in [1.29, 1.82) is 0 Å². The third-order valence-electron chi connectivity index (χ3n) is 4.14. The number of ether oxygens (including phenoxy) is 1. The average Bonchev–Trinajstić information content (AvgIpc) is 2.38. The monoisotopic (exact) mass is 240 g/mol. The second-order valence-corrected chi connectivity index (χ2v) is 5.90. The van der Waals surface area contributed by atoms with Crippen LogP contribution < -0.4 is 0 Å². The van der Waals surface area contributed by atoms with Crippen molar-refractivity contribution in [3.63, 3.8) is 0 Å². The first-order chi connectivity index (χ1) is 8.25. The first-order valence-corrected chi connectivity index (χ1v) is 7.30. The third-order valence-corrected chi connectivity index (χ3v) is 4.14. The van der Waals surface area contributed by atoms with Crippen LogP contribution in [0.1, 0.15) is 33.1 Å². The topological polar surface area (TPSA) is 15.7 Å². The summed E-state index contributed by atoms with van der Waals surface area (Å²) >= 11 is 0. The lowest BCUT2D eigenvalue weighted by atomic mass is 10.1. The van der Waals surface area contributed by atoms with Crippen molar-refractivity contribution in [2.75, 3.05) is 45.9 Å². The van der Waals surface area contributed by atoms with Crippen LogP contribution in [0.3, 0.4) is 0 Å². The molecule has 3 nitrogen and oxygen atoms in total. The lowest BCUT2D eigenvalue weighted by molar-refractivity contribution is 0.0132. The summed E-state index contributed by atoms with van der Waals surface area (Å²) < 4.78 is 5.44. The van der Waals surface area contributed by atoms with E-state index in [0.717, 1.165) is 25.2 Å². The zero-order valence-corrected chi connectivity index (χ0v) is 11.5. The van der Waals surface area contributed by atoms with E-state index in [1.807, 2.05) is 0 Å². The number of hydrogen-bond acceptors (Lipinski definition) is 3. The number of hydrogen-bond donors (Lipinski definition) is 0. The average molecular weight is 240 g/mol. The summed E-state index contributed by atoms with van der Waals surface area (Å²) in [6, 6.07) is 0.802. The van der Waals surface area contributed by atoms with Gasteiger partial charge in [0.25, 0.3) is 0 Å². The van der Waals surface area contributed by atoms with E-state index in [1.54, 1.807) is 0 Å². The fraction of sp³-hybridized carbons (Fsp3) is 1.00. The highest BCUT2D eigenvalue weighted by Gasteiger charge is 2.25. The molecule has 0 radical (unpaired) electrons. The molecule has 2 aliphatic rings. The summed E-state index contributed by atoms with van der Waals surface area (Å²) in [4.78, 5) is 5.32.